The topological polar surface area (TPSA) is 49.3 Å². The number of carbonyl (C=O) groups is 1. The zero-order valence-electron chi connectivity index (χ0n) is 9.75. The van der Waals surface area contributed by atoms with Crippen LogP contribution in [0.15, 0.2) is 30.3 Å². The predicted molar refractivity (Wildman–Crippen MR) is 68.0 cm³/mol. The number of hydrogen-bond acceptors (Lipinski definition) is 2. The third kappa shape index (κ3) is 2.70. The molecule has 0 aliphatic heterocycles. The second-order valence-corrected chi connectivity index (χ2v) is 4.25. The summed E-state index contributed by atoms with van der Waals surface area (Å²) < 4.78 is 40.1. The molecule has 2 aromatic rings. The van der Waals surface area contributed by atoms with E-state index in [1.165, 1.54) is 12.1 Å². The number of carboxylic acid groups (broad SMARTS) is 1. The van der Waals surface area contributed by atoms with E-state index in [1.54, 1.807) is 0 Å². The van der Waals surface area contributed by atoms with Crippen molar-refractivity contribution in [3.05, 3.63) is 58.4 Å². The van der Waals surface area contributed by atoms with E-state index in [2.05, 4.69) is 5.32 Å². The van der Waals surface area contributed by atoms with Crippen LogP contribution < -0.4 is 5.32 Å². The highest BCUT2D eigenvalue weighted by Crippen LogP contribution is 2.26. The van der Waals surface area contributed by atoms with Crippen molar-refractivity contribution in [1.29, 1.82) is 0 Å². The molecule has 0 radical (unpaired) electrons. The number of anilines is 2. The van der Waals surface area contributed by atoms with E-state index < -0.39 is 29.0 Å². The first-order chi connectivity index (χ1) is 9.40. The fraction of sp³-hybridized carbons (Fsp3) is 0. The van der Waals surface area contributed by atoms with Crippen molar-refractivity contribution in [2.24, 2.45) is 0 Å². The summed E-state index contributed by atoms with van der Waals surface area (Å²) in [5.74, 6) is -5.04. The Kier molecular flexibility index (Phi) is 3.85. The summed E-state index contributed by atoms with van der Waals surface area (Å²) in [6.07, 6.45) is 0. The van der Waals surface area contributed by atoms with Crippen molar-refractivity contribution in [3.63, 3.8) is 0 Å². The lowest BCUT2D eigenvalue weighted by Gasteiger charge is -2.09. The van der Waals surface area contributed by atoms with Gasteiger partial charge in [-0.25, -0.2) is 18.0 Å². The minimum absolute atomic E-state index is 0.182. The average Bonchev–Trinajstić information content (AvgIpc) is 2.39. The summed E-state index contributed by atoms with van der Waals surface area (Å²) in [5, 5.41) is 11.0. The zero-order valence-corrected chi connectivity index (χ0v) is 10.5. The van der Waals surface area contributed by atoms with Crippen molar-refractivity contribution in [2.45, 2.75) is 0 Å². The highest BCUT2D eigenvalue weighted by atomic mass is 35.5. The minimum atomic E-state index is -1.57. The molecule has 0 aliphatic carbocycles. The van der Waals surface area contributed by atoms with Crippen LogP contribution >= 0.6 is 11.6 Å². The fourth-order valence-corrected chi connectivity index (χ4v) is 1.72. The molecule has 2 rings (SSSR count). The molecule has 0 unspecified atom stereocenters. The van der Waals surface area contributed by atoms with Gasteiger partial charge in [-0.2, -0.15) is 0 Å². The monoisotopic (exact) mass is 301 g/mol. The van der Waals surface area contributed by atoms with Gasteiger partial charge in [0, 0.05) is 5.69 Å². The van der Waals surface area contributed by atoms with E-state index >= 15 is 0 Å². The standard InChI is InChI=1S/C13H7ClF3NO2/c14-8-5-6(1-3-9(8)15)18-10-4-2-7(13(19)20)11(16)12(10)17/h1-5,18H,(H,19,20). The maximum atomic E-state index is 13.7. The molecule has 7 heteroatoms. The molecule has 0 saturated carbocycles. The lowest BCUT2D eigenvalue weighted by molar-refractivity contribution is 0.0690. The number of carboxylic acids is 1. The van der Waals surface area contributed by atoms with Gasteiger partial charge in [-0.15, -0.1) is 0 Å². The highest BCUT2D eigenvalue weighted by Gasteiger charge is 2.18. The van der Waals surface area contributed by atoms with Crippen LogP contribution in [0, 0.1) is 17.5 Å². The molecule has 0 fully saturated rings. The van der Waals surface area contributed by atoms with Gasteiger partial charge in [0.05, 0.1) is 16.3 Å². The lowest BCUT2D eigenvalue weighted by Crippen LogP contribution is -2.05. The van der Waals surface area contributed by atoms with Gasteiger partial charge < -0.3 is 10.4 Å². The van der Waals surface area contributed by atoms with E-state index in [4.69, 9.17) is 16.7 Å². The van der Waals surface area contributed by atoms with Crippen LogP contribution in [0.5, 0.6) is 0 Å². The van der Waals surface area contributed by atoms with Crippen molar-refractivity contribution in [2.75, 3.05) is 5.32 Å². The first-order valence-corrected chi connectivity index (χ1v) is 5.71. The summed E-state index contributed by atoms with van der Waals surface area (Å²) in [6, 6.07) is 5.53. The molecule has 2 aromatic carbocycles. The molecule has 2 N–H and O–H groups in total. The second kappa shape index (κ2) is 5.42. The average molecular weight is 302 g/mol. The van der Waals surface area contributed by atoms with Crippen LogP contribution in [-0.4, -0.2) is 11.1 Å². The van der Waals surface area contributed by atoms with Crippen LogP contribution in [0.25, 0.3) is 0 Å². The minimum Gasteiger partial charge on any atom is -0.478 e. The largest absolute Gasteiger partial charge is 0.478 e. The predicted octanol–water partition coefficient (Wildman–Crippen LogP) is 4.20. The second-order valence-electron chi connectivity index (χ2n) is 3.85. The SMILES string of the molecule is O=C(O)c1ccc(Nc2ccc(F)c(Cl)c2)c(F)c1F. The first-order valence-electron chi connectivity index (χ1n) is 5.33. The Morgan fingerprint density at radius 3 is 2.40 bits per heavy atom. The lowest BCUT2D eigenvalue weighted by atomic mass is 10.1. The molecular weight excluding hydrogens is 295 g/mol. The van der Waals surface area contributed by atoms with Crippen LogP contribution in [-0.2, 0) is 0 Å². The Hall–Kier alpha value is -2.21. The molecular formula is C13H7ClF3NO2. The van der Waals surface area contributed by atoms with E-state index in [1.807, 2.05) is 0 Å². The highest BCUT2D eigenvalue weighted by molar-refractivity contribution is 6.31. The van der Waals surface area contributed by atoms with Gasteiger partial charge in [0.1, 0.15) is 5.82 Å². The molecule has 3 nitrogen and oxygen atoms in total. The van der Waals surface area contributed by atoms with E-state index in [-0.39, 0.29) is 16.4 Å². The molecule has 104 valence electrons. The first kappa shape index (κ1) is 14.2. The Balaban J connectivity index is 2.37. The number of hydrogen-bond donors (Lipinski definition) is 2. The van der Waals surface area contributed by atoms with E-state index in [9.17, 15) is 18.0 Å². The third-order valence-electron chi connectivity index (χ3n) is 2.51. The van der Waals surface area contributed by atoms with E-state index in [0.29, 0.717) is 0 Å². The maximum Gasteiger partial charge on any atom is 0.338 e. The Bertz CT molecular complexity index is 692. The molecule has 0 spiro atoms. The van der Waals surface area contributed by atoms with Gasteiger partial charge in [-0.05, 0) is 30.3 Å². The van der Waals surface area contributed by atoms with Gasteiger partial charge in [0.25, 0.3) is 0 Å². The molecule has 0 bridgehead atoms. The molecule has 0 atom stereocenters. The summed E-state index contributed by atoms with van der Waals surface area (Å²) in [4.78, 5) is 10.6. The Morgan fingerprint density at radius 1 is 1.10 bits per heavy atom. The van der Waals surface area contributed by atoms with Crippen LogP contribution in [0.1, 0.15) is 10.4 Å². The quantitative estimate of drug-likeness (QED) is 0.893. The third-order valence-corrected chi connectivity index (χ3v) is 2.80. The summed E-state index contributed by atoms with van der Waals surface area (Å²) in [7, 11) is 0. The van der Waals surface area contributed by atoms with Crippen molar-refractivity contribution in [1.82, 2.24) is 0 Å². The van der Waals surface area contributed by atoms with Crippen LogP contribution in [0.3, 0.4) is 0 Å². The van der Waals surface area contributed by atoms with Crippen molar-refractivity contribution >= 4 is 28.9 Å². The van der Waals surface area contributed by atoms with Gasteiger partial charge in [0.15, 0.2) is 11.6 Å². The summed E-state index contributed by atoms with van der Waals surface area (Å²) in [5.41, 5.74) is -0.821. The van der Waals surface area contributed by atoms with Crippen LogP contribution in [0.2, 0.25) is 5.02 Å². The zero-order chi connectivity index (χ0) is 14.9. The molecule has 20 heavy (non-hydrogen) atoms. The maximum absolute atomic E-state index is 13.7. The van der Waals surface area contributed by atoms with Crippen molar-refractivity contribution < 1.29 is 23.1 Å². The smallest absolute Gasteiger partial charge is 0.338 e. The van der Waals surface area contributed by atoms with Gasteiger partial charge in [0.2, 0.25) is 0 Å². The van der Waals surface area contributed by atoms with Gasteiger partial charge >= 0.3 is 5.97 Å². The van der Waals surface area contributed by atoms with E-state index in [0.717, 1.165) is 18.2 Å². The number of benzene rings is 2. The van der Waals surface area contributed by atoms with Gasteiger partial charge in [-0.3, -0.25) is 0 Å². The molecule has 0 saturated heterocycles. The number of rotatable bonds is 3. The molecule has 0 aliphatic rings. The molecule has 0 aromatic heterocycles. The number of halogens is 4. The Morgan fingerprint density at radius 2 is 1.80 bits per heavy atom. The summed E-state index contributed by atoms with van der Waals surface area (Å²) in [6.45, 7) is 0. The van der Waals surface area contributed by atoms with Crippen molar-refractivity contribution in [3.8, 4) is 0 Å². The normalized spacial score (nSPS) is 10.4. The summed E-state index contributed by atoms with van der Waals surface area (Å²) >= 11 is 5.56. The van der Waals surface area contributed by atoms with Crippen LogP contribution in [0.4, 0.5) is 24.5 Å². The van der Waals surface area contributed by atoms with Gasteiger partial charge in [-0.1, -0.05) is 11.6 Å². The Labute approximate surface area is 116 Å². The molecule has 0 heterocycles. The number of nitrogens with one attached hydrogen (secondary N) is 1. The fourth-order valence-electron chi connectivity index (χ4n) is 1.54. The number of aromatic carboxylic acids is 1. The molecule has 0 amide bonds.